The second-order valence-electron chi connectivity index (χ2n) is 9.04. The van der Waals surface area contributed by atoms with Gasteiger partial charge in [0.1, 0.15) is 17.8 Å². The first-order valence-electron chi connectivity index (χ1n) is 13.7. The Kier molecular flexibility index (Phi) is 18.9. The van der Waals surface area contributed by atoms with Crippen molar-refractivity contribution in [3.8, 4) is 5.75 Å². The van der Waals surface area contributed by atoms with Crippen LogP contribution >= 0.6 is 0 Å². The lowest BCUT2D eigenvalue weighted by Crippen LogP contribution is -2.51. The van der Waals surface area contributed by atoms with E-state index in [4.69, 9.17) is 29.2 Å². The van der Waals surface area contributed by atoms with E-state index in [0.717, 1.165) is 0 Å². The molecule has 0 saturated carbocycles. The van der Waals surface area contributed by atoms with E-state index < -0.39 is 54.8 Å². The summed E-state index contributed by atoms with van der Waals surface area (Å²) in [6.07, 6.45) is -1.42. The Morgan fingerprint density at radius 3 is 1.64 bits per heavy atom. The Labute approximate surface area is 253 Å². The first kappa shape index (κ1) is 37.5. The largest absolute Gasteiger partial charge is 0.497 e. The Balaban J connectivity index is 2.07. The minimum Gasteiger partial charge on any atom is -0.497 e. The van der Waals surface area contributed by atoms with Crippen LogP contribution in [0.4, 0.5) is 4.79 Å². The predicted molar refractivity (Wildman–Crippen MR) is 151 cm³/mol. The van der Waals surface area contributed by atoms with Crippen LogP contribution < -0.4 is 26.0 Å². The number of carboxylic acids is 3. The number of carboxylic acid groups (broad SMARTS) is 3. The Bertz CT molecular complexity index is 1070. The smallest absolute Gasteiger partial charge is 0.326 e. The van der Waals surface area contributed by atoms with E-state index in [0.29, 0.717) is 44.3 Å². The summed E-state index contributed by atoms with van der Waals surface area (Å²) in [7, 11) is 1.55. The number of carbonyl (C=O) groups excluding carboxylic acids is 3. The van der Waals surface area contributed by atoms with Crippen molar-refractivity contribution in [2.24, 2.45) is 0 Å². The maximum absolute atomic E-state index is 12.0. The molecule has 7 N–H and O–H groups in total. The van der Waals surface area contributed by atoms with Crippen LogP contribution in [0.1, 0.15) is 36.0 Å². The average Bonchev–Trinajstić information content (AvgIpc) is 2.99. The van der Waals surface area contributed by atoms with Gasteiger partial charge in [-0.2, -0.15) is 0 Å². The fourth-order valence-corrected chi connectivity index (χ4v) is 3.39. The Hall–Kier alpha value is -4.48. The highest BCUT2D eigenvalue weighted by Gasteiger charge is 2.25. The molecule has 17 heteroatoms. The molecule has 0 aliphatic heterocycles. The van der Waals surface area contributed by atoms with Crippen LogP contribution in [0.2, 0.25) is 0 Å². The van der Waals surface area contributed by atoms with Gasteiger partial charge in [-0.3, -0.25) is 14.4 Å². The van der Waals surface area contributed by atoms with Crippen molar-refractivity contribution >= 4 is 35.8 Å². The van der Waals surface area contributed by atoms with Crippen molar-refractivity contribution in [1.29, 1.82) is 0 Å². The lowest BCUT2D eigenvalue weighted by Gasteiger charge is -2.18. The number of hydrogen-bond donors (Lipinski definition) is 7. The van der Waals surface area contributed by atoms with Crippen LogP contribution in [0.15, 0.2) is 24.3 Å². The van der Waals surface area contributed by atoms with Gasteiger partial charge in [0.05, 0.1) is 46.8 Å². The normalized spacial score (nSPS) is 11.9. The zero-order chi connectivity index (χ0) is 32.7. The van der Waals surface area contributed by atoms with E-state index >= 15 is 0 Å². The summed E-state index contributed by atoms with van der Waals surface area (Å²) in [6.45, 7) is 2.19. The van der Waals surface area contributed by atoms with Gasteiger partial charge in [-0.1, -0.05) is 0 Å². The zero-order valence-corrected chi connectivity index (χ0v) is 24.4. The fourth-order valence-electron chi connectivity index (χ4n) is 3.39. The quantitative estimate of drug-likeness (QED) is 0.0711. The van der Waals surface area contributed by atoms with E-state index in [1.807, 2.05) is 5.32 Å². The van der Waals surface area contributed by atoms with Crippen molar-refractivity contribution in [2.75, 3.05) is 59.8 Å². The minimum absolute atomic E-state index is 0.152. The molecular formula is C27H40N4O13. The van der Waals surface area contributed by atoms with E-state index in [-0.39, 0.29) is 38.5 Å². The number of ether oxygens (including phenoxy) is 4. The van der Waals surface area contributed by atoms with Crippen LogP contribution in [0.5, 0.6) is 5.75 Å². The minimum atomic E-state index is -1.53. The van der Waals surface area contributed by atoms with Crippen molar-refractivity contribution in [3.05, 3.63) is 29.8 Å². The number of urea groups is 1. The summed E-state index contributed by atoms with van der Waals surface area (Å²) >= 11 is 0. The number of benzene rings is 1. The number of carbonyl (C=O) groups is 6. The summed E-state index contributed by atoms with van der Waals surface area (Å²) in [5, 5.41) is 36.4. The summed E-state index contributed by atoms with van der Waals surface area (Å²) in [4.78, 5) is 69.2. The van der Waals surface area contributed by atoms with Gasteiger partial charge >= 0.3 is 23.9 Å². The Morgan fingerprint density at radius 2 is 1.16 bits per heavy atom. The molecule has 1 rings (SSSR count). The highest BCUT2D eigenvalue weighted by molar-refractivity contribution is 5.94. The molecule has 0 fully saturated rings. The Morgan fingerprint density at radius 1 is 0.682 bits per heavy atom. The number of hydrogen-bond acceptors (Lipinski definition) is 10. The van der Waals surface area contributed by atoms with E-state index in [1.54, 1.807) is 31.4 Å². The van der Waals surface area contributed by atoms with Gasteiger partial charge in [0, 0.05) is 31.5 Å². The molecule has 2 unspecified atom stereocenters. The second kappa shape index (κ2) is 22.1. The molecule has 0 radical (unpaired) electrons. The lowest BCUT2D eigenvalue weighted by molar-refractivity contribution is -0.141. The number of rotatable bonds is 24. The average molecular weight is 629 g/mol. The summed E-state index contributed by atoms with van der Waals surface area (Å²) in [5.74, 6) is -4.20. The lowest BCUT2D eigenvalue weighted by atomic mass is 10.1. The van der Waals surface area contributed by atoms with Gasteiger partial charge in [-0.05, 0) is 37.1 Å². The second-order valence-corrected chi connectivity index (χ2v) is 9.04. The van der Waals surface area contributed by atoms with E-state index in [1.165, 1.54) is 0 Å². The number of methoxy groups -OCH3 is 1. The molecule has 44 heavy (non-hydrogen) atoms. The molecule has 0 aliphatic carbocycles. The predicted octanol–water partition coefficient (Wildman–Crippen LogP) is -0.558. The molecule has 4 amide bonds. The summed E-state index contributed by atoms with van der Waals surface area (Å²) < 4.78 is 21.2. The molecule has 246 valence electrons. The molecule has 17 nitrogen and oxygen atoms in total. The highest BCUT2D eigenvalue weighted by Crippen LogP contribution is 2.11. The highest BCUT2D eigenvalue weighted by atomic mass is 16.5. The fraction of sp³-hybridized carbons (Fsp3) is 0.556. The van der Waals surface area contributed by atoms with Gasteiger partial charge in [0.15, 0.2) is 0 Å². The molecule has 0 heterocycles. The number of aliphatic carboxylic acids is 3. The van der Waals surface area contributed by atoms with Crippen LogP contribution in [-0.2, 0) is 33.4 Å². The maximum atomic E-state index is 12.0. The van der Waals surface area contributed by atoms with Crippen molar-refractivity contribution in [2.45, 2.75) is 37.8 Å². The van der Waals surface area contributed by atoms with E-state index in [2.05, 4.69) is 16.0 Å². The van der Waals surface area contributed by atoms with Crippen molar-refractivity contribution in [1.82, 2.24) is 21.3 Å². The standard InChI is InChI=1S/C27H40N4O13/c1-41-19-4-2-18(3-5-19)24(35)29-11-13-43-15-17-44-16-14-42-12-10-28-22(32)8-6-20(25(36)37)30-27(40)31-21(26(38)39)7-9-23(33)34/h2-5,20-21H,6-17H2,1H3,(H,28,32)(H,29,35)(H,33,34)(H,36,37)(H,38,39)(H2,30,31,40). The third-order valence-electron chi connectivity index (χ3n) is 5.71. The first-order chi connectivity index (χ1) is 21.0. The third-order valence-corrected chi connectivity index (χ3v) is 5.71. The van der Waals surface area contributed by atoms with Crippen LogP contribution in [0, 0.1) is 0 Å². The van der Waals surface area contributed by atoms with Gasteiger partial charge in [-0.25, -0.2) is 14.4 Å². The molecule has 0 aromatic heterocycles. The molecule has 1 aromatic carbocycles. The number of amides is 4. The van der Waals surface area contributed by atoms with Gasteiger partial charge in [0.2, 0.25) is 5.91 Å². The van der Waals surface area contributed by atoms with Crippen molar-refractivity contribution in [3.63, 3.8) is 0 Å². The van der Waals surface area contributed by atoms with Gasteiger partial charge < -0.3 is 55.5 Å². The monoisotopic (exact) mass is 628 g/mol. The van der Waals surface area contributed by atoms with Crippen molar-refractivity contribution < 1.29 is 63.0 Å². The molecule has 1 aromatic rings. The topological polar surface area (TPSA) is 248 Å². The third kappa shape index (κ3) is 17.5. The molecule has 0 spiro atoms. The van der Waals surface area contributed by atoms with Crippen LogP contribution in [-0.4, -0.2) is 123 Å². The maximum Gasteiger partial charge on any atom is 0.326 e. The summed E-state index contributed by atoms with van der Waals surface area (Å²) in [5.41, 5.74) is 0.515. The molecule has 2 atom stereocenters. The first-order valence-corrected chi connectivity index (χ1v) is 13.7. The molecule has 0 saturated heterocycles. The SMILES string of the molecule is COc1ccc(C(=O)NCCOCCOCCOCCNC(=O)CCC(NC(=O)NC(CCC(=O)O)C(=O)O)C(=O)O)cc1. The summed E-state index contributed by atoms with van der Waals surface area (Å²) in [6, 6.07) is 2.60. The van der Waals surface area contributed by atoms with Crippen LogP contribution in [0.3, 0.4) is 0 Å². The zero-order valence-electron chi connectivity index (χ0n) is 24.4. The van der Waals surface area contributed by atoms with E-state index in [9.17, 15) is 33.9 Å². The molecule has 0 aliphatic rings. The van der Waals surface area contributed by atoms with Gasteiger partial charge in [-0.15, -0.1) is 0 Å². The molecule has 0 bridgehead atoms. The van der Waals surface area contributed by atoms with Crippen LogP contribution in [0.25, 0.3) is 0 Å². The van der Waals surface area contributed by atoms with Gasteiger partial charge in [0.25, 0.3) is 5.91 Å². The number of nitrogens with one attached hydrogen (secondary N) is 4. The molecular weight excluding hydrogens is 588 g/mol.